The lowest BCUT2D eigenvalue weighted by Gasteiger charge is -2.14. The van der Waals surface area contributed by atoms with Crippen molar-refractivity contribution in [3.8, 4) is 0 Å². The molecule has 0 aromatic rings. The summed E-state index contributed by atoms with van der Waals surface area (Å²) in [6.45, 7) is 12.3. The van der Waals surface area contributed by atoms with E-state index in [9.17, 15) is 4.79 Å². The second-order valence-electron chi connectivity index (χ2n) is 5.24. The molecule has 100 valence electrons. The van der Waals surface area contributed by atoms with Gasteiger partial charge in [-0.1, -0.05) is 6.92 Å². The van der Waals surface area contributed by atoms with E-state index in [0.717, 1.165) is 19.5 Å². The largest absolute Gasteiger partial charge is 0.462 e. The Balaban J connectivity index is 0.000000325. The first-order valence-corrected chi connectivity index (χ1v) is 6.09. The van der Waals surface area contributed by atoms with Crippen LogP contribution in [0.1, 0.15) is 47.5 Å². The van der Waals surface area contributed by atoms with E-state index >= 15 is 0 Å². The molecule has 0 radical (unpaired) electrons. The predicted octanol–water partition coefficient (Wildman–Crippen LogP) is 2.52. The highest BCUT2D eigenvalue weighted by atomic mass is 16.5. The van der Waals surface area contributed by atoms with Gasteiger partial charge in [0, 0.05) is 6.42 Å². The van der Waals surface area contributed by atoms with Crippen LogP contribution in [0.25, 0.3) is 0 Å². The Morgan fingerprint density at radius 3 is 2.18 bits per heavy atom. The summed E-state index contributed by atoms with van der Waals surface area (Å²) in [5.74, 6) is 0. The van der Waals surface area contributed by atoms with Crippen LogP contribution in [0.5, 0.6) is 0 Å². The van der Waals surface area contributed by atoms with E-state index in [1.54, 1.807) is 0 Å². The summed E-state index contributed by atoms with van der Waals surface area (Å²) in [7, 11) is 0. The molecule has 0 fully saturated rings. The molecule has 1 aliphatic heterocycles. The van der Waals surface area contributed by atoms with Crippen molar-refractivity contribution < 1.29 is 9.53 Å². The number of nitrogens with zero attached hydrogens (tertiary/aromatic N) is 2. The summed E-state index contributed by atoms with van der Waals surface area (Å²) in [6.07, 6.45) is 2.25. The number of nitrogens with one attached hydrogen (secondary N) is 1. The molecule has 0 aliphatic carbocycles. The van der Waals surface area contributed by atoms with Crippen molar-refractivity contribution in [3.63, 3.8) is 0 Å². The van der Waals surface area contributed by atoms with Crippen LogP contribution in [-0.4, -0.2) is 30.8 Å². The van der Waals surface area contributed by atoms with Gasteiger partial charge in [0.05, 0.1) is 0 Å². The van der Waals surface area contributed by atoms with Crippen LogP contribution in [0.15, 0.2) is 10.2 Å². The summed E-state index contributed by atoms with van der Waals surface area (Å²) in [4.78, 5) is 9.60. The van der Waals surface area contributed by atoms with Crippen molar-refractivity contribution >= 4 is 6.47 Å². The predicted molar refractivity (Wildman–Crippen MR) is 67.9 cm³/mol. The molecule has 0 aromatic carbocycles. The molecule has 17 heavy (non-hydrogen) atoms. The van der Waals surface area contributed by atoms with Gasteiger partial charge in [-0.3, -0.25) is 4.79 Å². The minimum absolute atomic E-state index is 0.0132. The zero-order valence-corrected chi connectivity index (χ0v) is 11.6. The third-order valence-corrected chi connectivity index (χ3v) is 2.05. The third kappa shape index (κ3) is 11.3. The fraction of sp³-hybridized carbons (Fsp3) is 0.917. The van der Waals surface area contributed by atoms with Crippen LogP contribution in [0, 0.1) is 0 Å². The van der Waals surface area contributed by atoms with Crippen molar-refractivity contribution in [2.45, 2.75) is 58.7 Å². The Bertz CT molecular complexity index is 241. The van der Waals surface area contributed by atoms with E-state index in [0.29, 0.717) is 6.47 Å². The average molecular weight is 243 g/mol. The summed E-state index contributed by atoms with van der Waals surface area (Å²) < 4.78 is 4.55. The minimum Gasteiger partial charge on any atom is -0.462 e. The Morgan fingerprint density at radius 2 is 1.88 bits per heavy atom. The van der Waals surface area contributed by atoms with Crippen molar-refractivity contribution in [1.82, 2.24) is 5.32 Å². The van der Waals surface area contributed by atoms with Crippen molar-refractivity contribution in [2.75, 3.05) is 13.1 Å². The van der Waals surface area contributed by atoms with E-state index < -0.39 is 0 Å². The molecule has 1 N–H and O–H groups in total. The summed E-state index contributed by atoms with van der Waals surface area (Å²) in [5.41, 5.74) is -0.331. The molecule has 1 rings (SSSR count). The number of hydrogen-bond donors (Lipinski definition) is 1. The second-order valence-corrected chi connectivity index (χ2v) is 5.24. The van der Waals surface area contributed by atoms with Gasteiger partial charge in [0.2, 0.25) is 0 Å². The summed E-state index contributed by atoms with van der Waals surface area (Å²) >= 11 is 0. The van der Waals surface area contributed by atoms with Crippen LogP contribution < -0.4 is 5.32 Å². The first-order chi connectivity index (χ1) is 7.83. The van der Waals surface area contributed by atoms with Crippen LogP contribution in [0.2, 0.25) is 0 Å². The van der Waals surface area contributed by atoms with Gasteiger partial charge < -0.3 is 10.1 Å². The number of rotatable bonds is 6. The first kappa shape index (κ1) is 16.0. The Labute approximate surface area is 104 Å². The van der Waals surface area contributed by atoms with Crippen LogP contribution in [0.4, 0.5) is 0 Å². The number of hydrogen-bond acceptors (Lipinski definition) is 5. The van der Waals surface area contributed by atoms with E-state index in [4.69, 9.17) is 0 Å². The minimum atomic E-state index is -0.318. The molecule has 0 spiro atoms. The van der Waals surface area contributed by atoms with Crippen molar-refractivity contribution in [1.29, 1.82) is 0 Å². The Morgan fingerprint density at radius 1 is 1.29 bits per heavy atom. The standard InChI is InChI=1S/C7H15N3.C5H10O2/c1-3-5-8-6-4-7(2)9-10-7;1-5(2,3)7-4-6/h8H,3-6H2,1-2H3;4H,1-3H3. The fourth-order valence-corrected chi connectivity index (χ4v) is 0.957. The normalized spacial score (nSPS) is 15.8. The lowest BCUT2D eigenvalue weighted by molar-refractivity contribution is -0.138. The monoisotopic (exact) mass is 243 g/mol. The number of ether oxygens (including phenoxy) is 1. The molecular formula is C12H25N3O2. The highest BCUT2D eigenvalue weighted by Crippen LogP contribution is 2.29. The highest BCUT2D eigenvalue weighted by molar-refractivity contribution is 5.37. The SMILES string of the molecule is CC(C)(C)OC=O.CCCNCCC1(C)N=N1. The fourth-order valence-electron chi connectivity index (χ4n) is 0.957. The zero-order valence-electron chi connectivity index (χ0n) is 11.6. The molecule has 1 aliphatic rings. The highest BCUT2D eigenvalue weighted by Gasteiger charge is 2.32. The van der Waals surface area contributed by atoms with E-state index in [1.807, 2.05) is 20.8 Å². The molecule has 0 saturated heterocycles. The van der Waals surface area contributed by atoms with Gasteiger partial charge in [-0.15, -0.1) is 0 Å². The zero-order chi connectivity index (χ0) is 13.4. The van der Waals surface area contributed by atoms with E-state index in [-0.39, 0.29) is 11.3 Å². The molecule has 0 saturated carbocycles. The Kier molecular flexibility index (Phi) is 6.95. The van der Waals surface area contributed by atoms with Gasteiger partial charge in [0.25, 0.3) is 6.47 Å². The molecule has 0 unspecified atom stereocenters. The van der Waals surface area contributed by atoms with Crippen LogP contribution in [-0.2, 0) is 9.53 Å². The second kappa shape index (κ2) is 7.37. The van der Waals surface area contributed by atoms with Crippen molar-refractivity contribution in [3.05, 3.63) is 0 Å². The van der Waals surface area contributed by atoms with Gasteiger partial charge in [0.1, 0.15) is 5.60 Å². The molecule has 0 amide bonds. The first-order valence-electron chi connectivity index (χ1n) is 6.09. The quantitative estimate of drug-likeness (QED) is 0.576. The van der Waals surface area contributed by atoms with Crippen LogP contribution in [0.3, 0.4) is 0 Å². The number of carbonyl (C=O) groups excluding carboxylic acids is 1. The van der Waals surface area contributed by atoms with E-state index in [1.165, 1.54) is 6.42 Å². The molecule has 5 nitrogen and oxygen atoms in total. The molecule has 0 aromatic heterocycles. The van der Waals surface area contributed by atoms with Gasteiger partial charge in [-0.25, -0.2) is 0 Å². The Hall–Kier alpha value is -0.970. The maximum absolute atomic E-state index is 9.60. The lowest BCUT2D eigenvalue weighted by Crippen LogP contribution is -2.20. The molecular weight excluding hydrogens is 218 g/mol. The third-order valence-electron chi connectivity index (χ3n) is 2.05. The number of carbonyl (C=O) groups is 1. The van der Waals surface area contributed by atoms with Gasteiger partial charge in [-0.05, 0) is 47.2 Å². The molecule has 5 heteroatoms. The van der Waals surface area contributed by atoms with Gasteiger partial charge in [0.15, 0.2) is 5.66 Å². The average Bonchev–Trinajstić information content (AvgIpc) is 2.91. The smallest absolute Gasteiger partial charge is 0.293 e. The van der Waals surface area contributed by atoms with E-state index in [2.05, 4.69) is 34.1 Å². The molecule has 1 heterocycles. The molecule has 0 atom stereocenters. The lowest BCUT2D eigenvalue weighted by atomic mass is 10.2. The van der Waals surface area contributed by atoms with Gasteiger partial charge in [-0.2, -0.15) is 10.2 Å². The van der Waals surface area contributed by atoms with Crippen LogP contribution >= 0.6 is 0 Å². The maximum atomic E-state index is 9.60. The van der Waals surface area contributed by atoms with Crippen molar-refractivity contribution in [2.24, 2.45) is 10.2 Å². The topological polar surface area (TPSA) is 63.0 Å². The maximum Gasteiger partial charge on any atom is 0.293 e. The summed E-state index contributed by atoms with van der Waals surface area (Å²) in [5, 5.41) is 11.1. The molecule has 0 bridgehead atoms. The van der Waals surface area contributed by atoms with Gasteiger partial charge >= 0.3 is 0 Å². The summed E-state index contributed by atoms with van der Waals surface area (Å²) in [6, 6.07) is 0.